The number of aliphatic imine (C=N–C) groups is 1. The molecule has 0 aliphatic carbocycles. The lowest BCUT2D eigenvalue weighted by Crippen LogP contribution is -2.36. The van der Waals surface area contributed by atoms with Gasteiger partial charge in [0, 0.05) is 12.6 Å². The molecule has 0 atom stereocenters. The minimum Gasteiger partial charge on any atom is -0.491 e. The highest BCUT2D eigenvalue weighted by Gasteiger charge is 2.08. The van der Waals surface area contributed by atoms with E-state index < -0.39 is 0 Å². The molecule has 7 heteroatoms. The van der Waals surface area contributed by atoms with E-state index >= 15 is 0 Å². The Morgan fingerprint density at radius 1 is 1.15 bits per heavy atom. The summed E-state index contributed by atoms with van der Waals surface area (Å²) in [5.41, 5.74) is 2.09. The normalized spacial score (nSPS) is 11.4. The Hall–Kier alpha value is -1.77. The Labute approximate surface area is 179 Å². The molecular weight excluding hydrogens is 455 g/mol. The van der Waals surface area contributed by atoms with Gasteiger partial charge in [0.25, 0.3) is 0 Å². The van der Waals surface area contributed by atoms with E-state index in [1.54, 1.807) is 0 Å². The number of nitrogens with zero attached hydrogens (tertiary/aromatic N) is 2. The van der Waals surface area contributed by atoms with Gasteiger partial charge in [0.15, 0.2) is 11.7 Å². The van der Waals surface area contributed by atoms with E-state index in [9.17, 15) is 0 Å². The quantitative estimate of drug-likeness (QED) is 0.328. The second-order valence-electron chi connectivity index (χ2n) is 6.73. The highest BCUT2D eigenvalue weighted by atomic mass is 127. The first kappa shape index (κ1) is 23.3. The average molecular weight is 486 g/mol. The smallest absolute Gasteiger partial charge is 0.191 e. The maximum absolute atomic E-state index is 5.66. The number of benzene rings is 1. The molecule has 0 bridgehead atoms. The molecule has 2 rings (SSSR count). The molecule has 0 aliphatic heterocycles. The van der Waals surface area contributed by atoms with Crippen LogP contribution >= 0.6 is 24.0 Å². The van der Waals surface area contributed by atoms with Crippen LogP contribution in [0.15, 0.2) is 39.8 Å². The first-order valence-corrected chi connectivity index (χ1v) is 9.21. The lowest BCUT2D eigenvalue weighted by atomic mass is 10.1. The summed E-state index contributed by atoms with van der Waals surface area (Å²) in [4.78, 5) is 4.62. The van der Waals surface area contributed by atoms with Crippen LogP contribution in [0.25, 0.3) is 0 Å². The predicted octanol–water partition coefficient (Wildman–Crippen LogP) is 4.46. The predicted molar refractivity (Wildman–Crippen MR) is 120 cm³/mol. The van der Waals surface area contributed by atoms with Crippen LogP contribution in [0.3, 0.4) is 0 Å². The number of ether oxygens (including phenoxy) is 1. The van der Waals surface area contributed by atoms with Crippen LogP contribution in [0.2, 0.25) is 0 Å². The van der Waals surface area contributed by atoms with Crippen molar-refractivity contribution in [2.45, 2.75) is 59.7 Å². The van der Waals surface area contributed by atoms with Crippen molar-refractivity contribution in [3.05, 3.63) is 47.3 Å². The highest BCUT2D eigenvalue weighted by molar-refractivity contribution is 14.0. The van der Waals surface area contributed by atoms with Crippen molar-refractivity contribution in [2.24, 2.45) is 4.99 Å². The molecule has 1 aromatic heterocycles. The molecule has 150 valence electrons. The van der Waals surface area contributed by atoms with Gasteiger partial charge >= 0.3 is 0 Å². The molecule has 0 radical (unpaired) electrons. The van der Waals surface area contributed by atoms with Crippen LogP contribution in [0, 0.1) is 0 Å². The number of hydrogen-bond donors (Lipinski definition) is 2. The highest BCUT2D eigenvalue weighted by Crippen LogP contribution is 2.15. The van der Waals surface area contributed by atoms with Gasteiger partial charge in [0.2, 0.25) is 0 Å². The summed E-state index contributed by atoms with van der Waals surface area (Å²) in [6, 6.07) is 10.0. The van der Waals surface area contributed by atoms with Gasteiger partial charge in [-0.3, -0.25) is 0 Å². The number of hydrogen-bond acceptors (Lipinski definition) is 4. The standard InChI is InChI=1S/C20H30N4O2.HI/c1-6-21-20(23-13-18-11-19(14(2)3)24-26-18)22-12-16-7-9-17(10-8-16)25-15(4)5;/h7-11,14-15H,6,12-13H2,1-5H3,(H2,21,22,23);1H. The fourth-order valence-corrected chi connectivity index (χ4v) is 2.31. The van der Waals surface area contributed by atoms with Crippen molar-refractivity contribution in [1.82, 2.24) is 15.8 Å². The molecule has 0 amide bonds. The molecule has 1 aromatic carbocycles. The van der Waals surface area contributed by atoms with Crippen LogP contribution in [-0.4, -0.2) is 23.8 Å². The van der Waals surface area contributed by atoms with Gasteiger partial charge in [-0.2, -0.15) is 0 Å². The first-order valence-electron chi connectivity index (χ1n) is 9.21. The Balaban J connectivity index is 0.00000364. The molecule has 0 saturated carbocycles. The van der Waals surface area contributed by atoms with E-state index in [1.165, 1.54) is 0 Å². The summed E-state index contributed by atoms with van der Waals surface area (Å²) in [6.45, 7) is 12.2. The number of rotatable bonds is 8. The Morgan fingerprint density at radius 2 is 1.85 bits per heavy atom. The zero-order valence-electron chi connectivity index (χ0n) is 16.8. The van der Waals surface area contributed by atoms with Gasteiger partial charge < -0.3 is 19.9 Å². The molecule has 27 heavy (non-hydrogen) atoms. The largest absolute Gasteiger partial charge is 0.491 e. The lowest BCUT2D eigenvalue weighted by Gasteiger charge is -2.11. The number of halogens is 1. The van der Waals surface area contributed by atoms with Gasteiger partial charge in [0.05, 0.1) is 24.9 Å². The minimum atomic E-state index is 0. The summed E-state index contributed by atoms with van der Waals surface area (Å²) < 4.78 is 11.0. The summed E-state index contributed by atoms with van der Waals surface area (Å²) in [7, 11) is 0. The molecule has 1 heterocycles. The van der Waals surface area contributed by atoms with Crippen molar-refractivity contribution in [3.63, 3.8) is 0 Å². The maximum atomic E-state index is 5.66. The minimum absolute atomic E-state index is 0. The van der Waals surface area contributed by atoms with Crippen molar-refractivity contribution in [3.8, 4) is 5.75 Å². The SMILES string of the molecule is CCNC(=NCc1ccc(OC(C)C)cc1)NCc1cc(C(C)C)no1.I. The van der Waals surface area contributed by atoms with Gasteiger partial charge in [-0.25, -0.2) is 4.99 Å². The summed E-state index contributed by atoms with van der Waals surface area (Å²) >= 11 is 0. The molecule has 0 fully saturated rings. The molecule has 0 unspecified atom stereocenters. The third-order valence-electron chi connectivity index (χ3n) is 3.66. The fraction of sp³-hybridized carbons (Fsp3) is 0.500. The number of nitrogens with one attached hydrogen (secondary N) is 2. The van der Waals surface area contributed by atoms with Crippen LogP contribution in [0.4, 0.5) is 0 Å². The van der Waals surface area contributed by atoms with Crippen LogP contribution < -0.4 is 15.4 Å². The third kappa shape index (κ3) is 8.19. The van der Waals surface area contributed by atoms with Crippen molar-refractivity contribution in [1.29, 1.82) is 0 Å². The molecule has 0 aliphatic rings. The Kier molecular flexibility index (Phi) is 10.2. The second kappa shape index (κ2) is 11.8. The van der Waals surface area contributed by atoms with Gasteiger partial charge in [-0.1, -0.05) is 31.1 Å². The maximum Gasteiger partial charge on any atom is 0.191 e. The third-order valence-corrected chi connectivity index (χ3v) is 3.66. The van der Waals surface area contributed by atoms with Gasteiger partial charge in [-0.05, 0) is 44.4 Å². The van der Waals surface area contributed by atoms with E-state index in [1.807, 2.05) is 51.1 Å². The Bertz CT molecular complexity index is 696. The van der Waals surface area contributed by atoms with E-state index in [0.29, 0.717) is 19.0 Å². The summed E-state index contributed by atoms with van der Waals surface area (Å²) in [5, 5.41) is 10.6. The summed E-state index contributed by atoms with van der Waals surface area (Å²) in [6.07, 6.45) is 0.177. The fourth-order valence-electron chi connectivity index (χ4n) is 2.31. The zero-order valence-corrected chi connectivity index (χ0v) is 19.1. The van der Waals surface area contributed by atoms with Crippen LogP contribution in [0.1, 0.15) is 57.6 Å². The monoisotopic (exact) mass is 486 g/mol. The van der Waals surface area contributed by atoms with Gasteiger partial charge in [0.1, 0.15) is 5.75 Å². The number of aromatic nitrogens is 1. The average Bonchev–Trinajstić information content (AvgIpc) is 3.07. The Morgan fingerprint density at radius 3 is 2.41 bits per heavy atom. The molecule has 6 nitrogen and oxygen atoms in total. The van der Waals surface area contributed by atoms with E-state index in [4.69, 9.17) is 9.26 Å². The van der Waals surface area contributed by atoms with Crippen molar-refractivity contribution in [2.75, 3.05) is 6.54 Å². The van der Waals surface area contributed by atoms with Crippen molar-refractivity contribution >= 4 is 29.9 Å². The van der Waals surface area contributed by atoms with E-state index in [0.717, 1.165) is 35.3 Å². The van der Waals surface area contributed by atoms with Gasteiger partial charge in [-0.15, -0.1) is 24.0 Å². The van der Waals surface area contributed by atoms with E-state index in [2.05, 4.69) is 34.6 Å². The van der Waals surface area contributed by atoms with Crippen molar-refractivity contribution < 1.29 is 9.26 Å². The van der Waals surface area contributed by atoms with Crippen LogP contribution in [0.5, 0.6) is 5.75 Å². The second-order valence-corrected chi connectivity index (χ2v) is 6.73. The molecule has 2 N–H and O–H groups in total. The summed E-state index contributed by atoms with van der Waals surface area (Å²) in [5.74, 6) is 2.79. The van der Waals surface area contributed by atoms with Crippen LogP contribution in [-0.2, 0) is 13.1 Å². The lowest BCUT2D eigenvalue weighted by molar-refractivity contribution is 0.242. The first-order chi connectivity index (χ1) is 12.5. The topological polar surface area (TPSA) is 71.7 Å². The molecular formula is C20H31IN4O2. The molecule has 0 spiro atoms. The zero-order chi connectivity index (χ0) is 18.9. The van der Waals surface area contributed by atoms with E-state index in [-0.39, 0.29) is 30.1 Å². The molecule has 0 saturated heterocycles. The number of guanidine groups is 1. The molecule has 2 aromatic rings.